The van der Waals surface area contributed by atoms with Crippen molar-refractivity contribution in [1.82, 2.24) is 15.6 Å². The number of hydrogen-bond donors (Lipinski definition) is 2. The zero-order valence-electron chi connectivity index (χ0n) is 13.8. The summed E-state index contributed by atoms with van der Waals surface area (Å²) in [7, 11) is 3.96. The first-order valence-electron chi connectivity index (χ1n) is 8.19. The molecule has 23 heavy (non-hydrogen) atoms. The van der Waals surface area contributed by atoms with Gasteiger partial charge < -0.3 is 15.5 Å². The van der Waals surface area contributed by atoms with E-state index < -0.39 is 0 Å². The highest BCUT2D eigenvalue weighted by Crippen LogP contribution is 2.22. The molecule has 2 aromatic rings. The number of nitrogens with zero attached hydrogens (tertiary/aromatic N) is 2. The van der Waals surface area contributed by atoms with Gasteiger partial charge in [-0.15, -0.1) is 0 Å². The second kappa shape index (κ2) is 6.96. The average Bonchev–Trinajstić information content (AvgIpc) is 2.59. The number of amides is 1. The summed E-state index contributed by atoms with van der Waals surface area (Å²) < 4.78 is 0. The van der Waals surface area contributed by atoms with E-state index >= 15 is 0 Å². The number of hydrogen-bond acceptors (Lipinski definition) is 4. The molecule has 122 valence electrons. The van der Waals surface area contributed by atoms with E-state index in [0.29, 0.717) is 6.54 Å². The predicted octanol–water partition coefficient (Wildman–Crippen LogP) is 1.92. The van der Waals surface area contributed by atoms with Crippen LogP contribution in [0.5, 0.6) is 0 Å². The van der Waals surface area contributed by atoms with Gasteiger partial charge in [-0.25, -0.2) is 4.98 Å². The molecule has 3 rings (SSSR count). The summed E-state index contributed by atoms with van der Waals surface area (Å²) in [5.41, 5.74) is 2.07. The zero-order chi connectivity index (χ0) is 16.2. The Morgan fingerprint density at radius 2 is 2.22 bits per heavy atom. The Kier molecular flexibility index (Phi) is 4.76. The molecule has 5 nitrogen and oxygen atoms in total. The predicted molar refractivity (Wildman–Crippen MR) is 93.5 cm³/mol. The lowest BCUT2D eigenvalue weighted by atomic mass is 9.98. The number of benzene rings is 1. The number of pyridine rings is 1. The lowest BCUT2D eigenvalue weighted by Crippen LogP contribution is -2.40. The fraction of sp³-hybridized carbons (Fsp3) is 0.444. The third-order valence-electron chi connectivity index (χ3n) is 4.37. The minimum absolute atomic E-state index is 0.0881. The molecule has 1 aromatic carbocycles. The third kappa shape index (κ3) is 3.62. The molecule has 0 bridgehead atoms. The van der Waals surface area contributed by atoms with Gasteiger partial charge in [-0.1, -0.05) is 18.2 Å². The molecular weight excluding hydrogens is 288 g/mol. The summed E-state index contributed by atoms with van der Waals surface area (Å²) in [4.78, 5) is 19.0. The van der Waals surface area contributed by atoms with Crippen molar-refractivity contribution in [2.75, 3.05) is 32.1 Å². The minimum atomic E-state index is 0.0881. The van der Waals surface area contributed by atoms with Crippen molar-refractivity contribution in [3.63, 3.8) is 0 Å². The molecule has 0 radical (unpaired) electrons. The summed E-state index contributed by atoms with van der Waals surface area (Å²) in [5.74, 6) is 1.14. The molecule has 0 spiro atoms. The largest absolute Gasteiger partial charge is 0.363 e. The Morgan fingerprint density at radius 3 is 2.96 bits per heavy atom. The van der Waals surface area contributed by atoms with Crippen LogP contribution in [0, 0.1) is 5.92 Å². The molecule has 1 fully saturated rings. The van der Waals surface area contributed by atoms with Crippen molar-refractivity contribution < 1.29 is 4.79 Å². The molecular formula is C18H24N4O. The maximum absolute atomic E-state index is 12.3. The maximum atomic E-state index is 12.3. The molecule has 0 aliphatic carbocycles. The molecule has 1 unspecified atom stereocenters. The highest BCUT2D eigenvalue weighted by molar-refractivity contribution is 5.85. The Balaban J connectivity index is 1.79. The lowest BCUT2D eigenvalue weighted by molar-refractivity contribution is -0.125. The van der Waals surface area contributed by atoms with Gasteiger partial charge in [0.1, 0.15) is 5.82 Å². The molecule has 2 heterocycles. The quantitative estimate of drug-likeness (QED) is 0.905. The van der Waals surface area contributed by atoms with Gasteiger partial charge >= 0.3 is 0 Å². The van der Waals surface area contributed by atoms with Gasteiger partial charge in [-0.3, -0.25) is 4.79 Å². The number of para-hydroxylation sites is 1. The number of anilines is 1. The molecule has 2 N–H and O–H groups in total. The van der Waals surface area contributed by atoms with Gasteiger partial charge in [0.2, 0.25) is 5.91 Å². The van der Waals surface area contributed by atoms with Crippen LogP contribution in [0.15, 0.2) is 30.3 Å². The van der Waals surface area contributed by atoms with E-state index in [2.05, 4.69) is 27.8 Å². The summed E-state index contributed by atoms with van der Waals surface area (Å²) in [6, 6.07) is 10.1. The van der Waals surface area contributed by atoms with Gasteiger partial charge in [0.05, 0.1) is 11.4 Å². The van der Waals surface area contributed by atoms with Gasteiger partial charge in [-0.05, 0) is 37.1 Å². The standard InChI is InChI=1S/C18H24N4O/c1-22(2)17-10-14(15-7-3-4-8-16(15)21-17)12-20-18(23)13-6-5-9-19-11-13/h3-4,7-8,10,13,19H,5-6,9,11-12H2,1-2H3,(H,20,23). The van der Waals surface area contributed by atoms with Crippen LogP contribution in [-0.2, 0) is 11.3 Å². The van der Waals surface area contributed by atoms with Gasteiger partial charge in [0.25, 0.3) is 0 Å². The molecule has 1 aromatic heterocycles. The number of carbonyl (C=O) groups is 1. The van der Waals surface area contributed by atoms with E-state index in [-0.39, 0.29) is 11.8 Å². The van der Waals surface area contributed by atoms with Crippen LogP contribution >= 0.6 is 0 Å². The number of fused-ring (bicyclic) bond motifs is 1. The highest BCUT2D eigenvalue weighted by Gasteiger charge is 2.20. The smallest absolute Gasteiger partial charge is 0.224 e. The van der Waals surface area contributed by atoms with E-state index in [4.69, 9.17) is 0 Å². The fourth-order valence-corrected chi connectivity index (χ4v) is 3.01. The second-order valence-corrected chi connectivity index (χ2v) is 6.31. The zero-order valence-corrected chi connectivity index (χ0v) is 13.8. The van der Waals surface area contributed by atoms with Crippen molar-refractivity contribution in [1.29, 1.82) is 0 Å². The first-order chi connectivity index (χ1) is 11.1. The molecule has 1 amide bonds. The Morgan fingerprint density at radius 1 is 1.39 bits per heavy atom. The van der Waals surface area contributed by atoms with Crippen molar-refractivity contribution in [2.45, 2.75) is 19.4 Å². The number of nitrogens with one attached hydrogen (secondary N) is 2. The van der Waals surface area contributed by atoms with Gasteiger partial charge in [0, 0.05) is 32.6 Å². The van der Waals surface area contributed by atoms with Crippen molar-refractivity contribution >= 4 is 22.6 Å². The van der Waals surface area contributed by atoms with Crippen LogP contribution in [0.4, 0.5) is 5.82 Å². The number of rotatable bonds is 4. The Labute approximate surface area is 137 Å². The highest BCUT2D eigenvalue weighted by atomic mass is 16.1. The molecule has 1 aliphatic rings. The second-order valence-electron chi connectivity index (χ2n) is 6.31. The van der Waals surface area contributed by atoms with Crippen molar-refractivity contribution in [2.24, 2.45) is 5.92 Å². The number of aromatic nitrogens is 1. The molecule has 1 aliphatic heterocycles. The van der Waals surface area contributed by atoms with Gasteiger partial charge in [-0.2, -0.15) is 0 Å². The first kappa shape index (κ1) is 15.7. The topological polar surface area (TPSA) is 57.3 Å². The normalized spacial score (nSPS) is 17.9. The number of carbonyl (C=O) groups excluding carboxylic acids is 1. The van der Waals surface area contributed by atoms with Crippen molar-refractivity contribution in [3.05, 3.63) is 35.9 Å². The number of piperidine rings is 1. The van der Waals surface area contributed by atoms with E-state index in [9.17, 15) is 4.79 Å². The van der Waals surface area contributed by atoms with E-state index in [1.54, 1.807) is 0 Å². The van der Waals surface area contributed by atoms with Crippen LogP contribution in [0.1, 0.15) is 18.4 Å². The minimum Gasteiger partial charge on any atom is -0.363 e. The summed E-state index contributed by atoms with van der Waals surface area (Å²) >= 11 is 0. The molecule has 1 atom stereocenters. The van der Waals surface area contributed by atoms with Gasteiger partial charge in [0.15, 0.2) is 0 Å². The average molecular weight is 312 g/mol. The maximum Gasteiger partial charge on any atom is 0.224 e. The lowest BCUT2D eigenvalue weighted by Gasteiger charge is -2.22. The van der Waals surface area contributed by atoms with Crippen LogP contribution < -0.4 is 15.5 Å². The Hall–Kier alpha value is -2.14. The summed E-state index contributed by atoms with van der Waals surface area (Å²) in [5, 5.41) is 7.49. The SMILES string of the molecule is CN(C)c1cc(CNC(=O)C2CCCNC2)c2ccccc2n1. The third-order valence-corrected chi connectivity index (χ3v) is 4.37. The van der Waals surface area contributed by atoms with Crippen LogP contribution in [0.25, 0.3) is 10.9 Å². The summed E-state index contributed by atoms with van der Waals surface area (Å²) in [6.45, 7) is 2.34. The molecule has 1 saturated heterocycles. The van der Waals surface area contributed by atoms with Crippen LogP contribution in [-0.4, -0.2) is 38.1 Å². The van der Waals surface area contributed by atoms with Crippen molar-refractivity contribution in [3.8, 4) is 0 Å². The van der Waals surface area contributed by atoms with E-state index in [1.807, 2.05) is 37.2 Å². The Bertz CT molecular complexity index is 692. The molecule has 5 heteroatoms. The summed E-state index contributed by atoms with van der Waals surface area (Å²) in [6.07, 6.45) is 2.04. The molecule has 0 saturated carbocycles. The van der Waals surface area contributed by atoms with Crippen LogP contribution in [0.2, 0.25) is 0 Å². The monoisotopic (exact) mass is 312 g/mol. The van der Waals surface area contributed by atoms with E-state index in [0.717, 1.165) is 48.2 Å². The van der Waals surface area contributed by atoms with Crippen LogP contribution in [0.3, 0.4) is 0 Å². The van der Waals surface area contributed by atoms with E-state index in [1.165, 1.54) is 0 Å². The fourth-order valence-electron chi connectivity index (χ4n) is 3.01. The first-order valence-corrected chi connectivity index (χ1v) is 8.19.